The monoisotopic (exact) mass is 405 g/mol. The van der Waals surface area contributed by atoms with Crippen molar-refractivity contribution < 1.29 is 18.8 Å². The molecule has 0 bridgehead atoms. The summed E-state index contributed by atoms with van der Waals surface area (Å²) in [6.07, 6.45) is 0. The average Bonchev–Trinajstić information content (AvgIpc) is 2.50. The zero-order valence-electron chi connectivity index (χ0n) is 13.7. The molecule has 0 unspecified atom stereocenters. The summed E-state index contributed by atoms with van der Waals surface area (Å²) in [5.41, 5.74) is 1.06. The molecule has 1 aromatic heterocycles. The predicted molar refractivity (Wildman–Crippen MR) is 105 cm³/mol. The second-order valence-electron chi connectivity index (χ2n) is 5.16. The third kappa shape index (κ3) is 5.66. The second kappa shape index (κ2) is 9.31. The van der Waals surface area contributed by atoms with Crippen LogP contribution in [-0.2, 0) is 0 Å². The number of rotatable bonds is 7. The van der Waals surface area contributed by atoms with Gasteiger partial charge in [0.1, 0.15) is 10.9 Å². The first-order valence-corrected chi connectivity index (χ1v) is 9.28. The normalized spacial score (nSPS) is 11.7. The van der Waals surface area contributed by atoms with E-state index >= 15 is 0 Å². The lowest BCUT2D eigenvalue weighted by molar-refractivity contribution is 0.301. The van der Waals surface area contributed by atoms with Crippen molar-refractivity contribution in [3.05, 3.63) is 29.0 Å². The molecule has 0 saturated heterocycles. The van der Waals surface area contributed by atoms with Crippen LogP contribution in [-0.4, -0.2) is 53.4 Å². The van der Waals surface area contributed by atoms with Gasteiger partial charge in [-0.05, 0) is 49.2 Å². The summed E-state index contributed by atoms with van der Waals surface area (Å²) in [5.74, 6) is 0.533. The van der Waals surface area contributed by atoms with E-state index in [9.17, 15) is 13.7 Å². The van der Waals surface area contributed by atoms with Gasteiger partial charge < -0.3 is 29.0 Å². The van der Waals surface area contributed by atoms with E-state index in [1.807, 2.05) is 6.92 Å². The van der Waals surface area contributed by atoms with E-state index in [4.69, 9.17) is 16.7 Å². The standard InChI is InChI=1S/C14H20ClN5O4S.CH4/c1-3-20(6-7-21)14-18-12(15)17-13(19-14)16-10-4-5-11(9(2)8-10)25(22,23)24;/h4-5,8,21-24H,3,6-7H2,1-2H3,(H,16,17,18,19);1H4. The summed E-state index contributed by atoms with van der Waals surface area (Å²) >= 11 is 5.95. The lowest BCUT2D eigenvalue weighted by Crippen LogP contribution is -2.28. The number of aliphatic hydroxyl groups excluding tert-OH is 1. The molecule has 2 rings (SSSR count). The highest BCUT2D eigenvalue weighted by Gasteiger charge is 2.18. The Labute approximate surface area is 159 Å². The Morgan fingerprint density at radius 2 is 1.88 bits per heavy atom. The summed E-state index contributed by atoms with van der Waals surface area (Å²) in [5, 5.41) is 12.1. The number of aliphatic hydroxyl groups is 1. The van der Waals surface area contributed by atoms with Crippen LogP contribution in [0.1, 0.15) is 19.9 Å². The SMILES string of the molecule is C.CCN(CCO)c1nc(Cl)nc(Nc2ccc(S(O)(O)O)c(C)c2)n1. The van der Waals surface area contributed by atoms with E-state index in [2.05, 4.69) is 20.3 Å². The Hall–Kier alpha value is -1.69. The number of likely N-dealkylation sites (N-methyl/N-ethyl adjacent to an activating group) is 1. The van der Waals surface area contributed by atoms with E-state index < -0.39 is 10.9 Å². The van der Waals surface area contributed by atoms with Crippen LogP contribution < -0.4 is 10.2 Å². The third-order valence-corrected chi connectivity index (χ3v) is 4.57. The Kier molecular flexibility index (Phi) is 8.00. The van der Waals surface area contributed by atoms with Gasteiger partial charge in [0, 0.05) is 18.8 Å². The Bertz CT molecular complexity index is 744. The minimum absolute atomic E-state index is 0. The van der Waals surface area contributed by atoms with Crippen molar-refractivity contribution in [2.45, 2.75) is 26.2 Å². The van der Waals surface area contributed by atoms with Gasteiger partial charge in [-0.25, -0.2) is 0 Å². The number of halogens is 1. The van der Waals surface area contributed by atoms with Crippen molar-refractivity contribution in [1.29, 1.82) is 0 Å². The summed E-state index contributed by atoms with van der Waals surface area (Å²) < 4.78 is 28.1. The van der Waals surface area contributed by atoms with Crippen LogP contribution in [0.25, 0.3) is 0 Å². The van der Waals surface area contributed by atoms with Crippen molar-refractivity contribution in [1.82, 2.24) is 15.0 Å². The molecular formula is C15H24ClN5O4S. The Morgan fingerprint density at radius 1 is 1.19 bits per heavy atom. The highest BCUT2D eigenvalue weighted by molar-refractivity contribution is 8.19. The molecule has 146 valence electrons. The molecule has 2 aromatic rings. The molecule has 0 aliphatic carbocycles. The minimum Gasteiger partial charge on any atom is -0.395 e. The van der Waals surface area contributed by atoms with Gasteiger partial charge in [-0.15, -0.1) is 0 Å². The summed E-state index contributed by atoms with van der Waals surface area (Å²) in [6.45, 7) is 4.43. The van der Waals surface area contributed by atoms with Crippen LogP contribution in [0.2, 0.25) is 5.28 Å². The maximum atomic E-state index is 9.36. The van der Waals surface area contributed by atoms with Gasteiger partial charge in [-0.1, -0.05) is 7.43 Å². The van der Waals surface area contributed by atoms with Gasteiger partial charge in [0.25, 0.3) is 0 Å². The van der Waals surface area contributed by atoms with E-state index in [1.165, 1.54) is 6.07 Å². The number of hydrogen-bond donors (Lipinski definition) is 5. The number of anilines is 3. The number of aryl methyl sites for hydroxylation is 1. The third-order valence-electron chi connectivity index (χ3n) is 3.36. The first-order valence-electron chi connectivity index (χ1n) is 7.40. The number of hydrogen-bond acceptors (Lipinski definition) is 9. The molecule has 0 radical (unpaired) electrons. The van der Waals surface area contributed by atoms with E-state index in [0.29, 0.717) is 30.3 Å². The van der Waals surface area contributed by atoms with Crippen molar-refractivity contribution in [2.24, 2.45) is 0 Å². The summed E-state index contributed by atoms with van der Waals surface area (Å²) in [7, 11) is -3.78. The molecule has 9 nitrogen and oxygen atoms in total. The summed E-state index contributed by atoms with van der Waals surface area (Å²) in [4.78, 5) is 14.1. The molecule has 0 atom stereocenters. The van der Waals surface area contributed by atoms with Crippen LogP contribution in [0.3, 0.4) is 0 Å². The number of nitrogens with one attached hydrogen (secondary N) is 1. The van der Waals surface area contributed by atoms with Crippen molar-refractivity contribution in [2.75, 3.05) is 29.9 Å². The fraction of sp³-hybridized carbons (Fsp3) is 0.400. The maximum absolute atomic E-state index is 9.36. The number of benzene rings is 1. The fourth-order valence-electron chi connectivity index (χ4n) is 2.22. The zero-order valence-corrected chi connectivity index (χ0v) is 15.3. The largest absolute Gasteiger partial charge is 0.395 e. The smallest absolute Gasteiger partial charge is 0.233 e. The Morgan fingerprint density at radius 3 is 2.42 bits per heavy atom. The van der Waals surface area contributed by atoms with Gasteiger partial charge in [-0.2, -0.15) is 15.0 Å². The summed E-state index contributed by atoms with van der Waals surface area (Å²) in [6, 6.07) is 4.57. The molecule has 0 aliphatic rings. The van der Waals surface area contributed by atoms with Crippen LogP contribution in [0.5, 0.6) is 0 Å². The fourth-order valence-corrected chi connectivity index (χ4v) is 3.12. The van der Waals surface area contributed by atoms with Crippen molar-refractivity contribution in [3.63, 3.8) is 0 Å². The Balaban J connectivity index is 0.00000338. The lowest BCUT2D eigenvalue weighted by atomic mass is 10.2. The van der Waals surface area contributed by atoms with Crippen molar-refractivity contribution >= 4 is 40.1 Å². The van der Waals surface area contributed by atoms with Crippen LogP contribution >= 0.6 is 22.5 Å². The van der Waals surface area contributed by atoms with Gasteiger partial charge in [0.2, 0.25) is 17.2 Å². The molecule has 26 heavy (non-hydrogen) atoms. The molecule has 0 saturated carbocycles. The molecular weight excluding hydrogens is 382 g/mol. The van der Waals surface area contributed by atoms with E-state index in [0.717, 1.165) is 0 Å². The molecule has 0 fully saturated rings. The van der Waals surface area contributed by atoms with E-state index in [-0.39, 0.29) is 30.2 Å². The van der Waals surface area contributed by atoms with Gasteiger partial charge in [-0.3, -0.25) is 0 Å². The average molecular weight is 406 g/mol. The van der Waals surface area contributed by atoms with Gasteiger partial charge in [0.05, 0.1) is 11.5 Å². The second-order valence-corrected chi connectivity index (χ2v) is 6.97. The molecule has 5 N–H and O–H groups in total. The number of nitrogens with zero attached hydrogens (tertiary/aromatic N) is 4. The molecule has 1 aromatic carbocycles. The van der Waals surface area contributed by atoms with Crippen LogP contribution in [0, 0.1) is 6.92 Å². The molecule has 1 heterocycles. The van der Waals surface area contributed by atoms with Gasteiger partial charge in [0.15, 0.2) is 0 Å². The highest BCUT2D eigenvalue weighted by Crippen LogP contribution is 2.45. The molecule has 11 heteroatoms. The predicted octanol–water partition coefficient (Wildman–Crippen LogP) is 3.61. The molecule has 0 spiro atoms. The van der Waals surface area contributed by atoms with E-state index in [1.54, 1.807) is 24.0 Å². The topological polar surface area (TPSA) is 135 Å². The first kappa shape index (κ1) is 22.4. The zero-order chi connectivity index (χ0) is 18.6. The highest BCUT2D eigenvalue weighted by atomic mass is 35.5. The lowest BCUT2D eigenvalue weighted by Gasteiger charge is -2.22. The molecule has 0 amide bonds. The first-order chi connectivity index (χ1) is 11.7. The quantitative estimate of drug-likeness (QED) is 0.468. The molecule has 0 aliphatic heterocycles. The van der Waals surface area contributed by atoms with Gasteiger partial charge >= 0.3 is 0 Å². The maximum Gasteiger partial charge on any atom is 0.233 e. The van der Waals surface area contributed by atoms with Crippen LogP contribution in [0.15, 0.2) is 23.1 Å². The van der Waals surface area contributed by atoms with Crippen LogP contribution in [0.4, 0.5) is 17.6 Å². The number of aromatic nitrogens is 3. The minimum atomic E-state index is -3.78. The van der Waals surface area contributed by atoms with Crippen molar-refractivity contribution in [3.8, 4) is 0 Å².